The van der Waals surface area contributed by atoms with Crippen LogP contribution in [0.2, 0.25) is 0 Å². The van der Waals surface area contributed by atoms with E-state index in [1.807, 2.05) is 63.2 Å². The summed E-state index contributed by atoms with van der Waals surface area (Å²) >= 11 is 0. The van der Waals surface area contributed by atoms with Gasteiger partial charge in [0.1, 0.15) is 0 Å². The highest BCUT2D eigenvalue weighted by Crippen LogP contribution is 2.36. The van der Waals surface area contributed by atoms with Crippen LogP contribution in [0.4, 0.5) is 5.69 Å². The average Bonchev–Trinajstić information content (AvgIpc) is 3.34. The number of carbonyl (C=O) groups is 1. The molecule has 4 rings (SSSR count). The van der Waals surface area contributed by atoms with Crippen LogP contribution in [-0.4, -0.2) is 34.6 Å². The highest BCUT2D eigenvalue weighted by Gasteiger charge is 2.22. The number of rotatable bonds is 4. The summed E-state index contributed by atoms with van der Waals surface area (Å²) in [5.41, 5.74) is 1.84. The molecular formula is C21H22N4O4. The van der Waals surface area contributed by atoms with Crippen LogP contribution in [0, 0.1) is 5.41 Å². The molecule has 8 heteroatoms. The molecule has 0 fully saturated rings. The van der Waals surface area contributed by atoms with Crippen LogP contribution < -0.4 is 19.5 Å². The molecule has 150 valence electrons. The van der Waals surface area contributed by atoms with Crippen LogP contribution in [0.25, 0.3) is 17.1 Å². The molecule has 8 nitrogen and oxygen atoms in total. The van der Waals surface area contributed by atoms with Crippen molar-refractivity contribution in [3.8, 4) is 34.6 Å². The molecule has 0 radical (unpaired) electrons. The molecule has 29 heavy (non-hydrogen) atoms. The van der Waals surface area contributed by atoms with E-state index in [9.17, 15) is 4.79 Å². The number of aromatic nitrogens is 3. The lowest BCUT2D eigenvalue weighted by atomic mass is 9.95. The predicted molar refractivity (Wildman–Crippen MR) is 108 cm³/mol. The zero-order valence-corrected chi connectivity index (χ0v) is 16.7. The second-order valence-electron chi connectivity index (χ2n) is 7.65. The third kappa shape index (κ3) is 3.73. The van der Waals surface area contributed by atoms with E-state index < -0.39 is 5.41 Å². The summed E-state index contributed by atoms with van der Waals surface area (Å²) in [5.74, 6) is 1.92. The maximum Gasteiger partial charge on any atom is 0.336 e. The van der Waals surface area contributed by atoms with Gasteiger partial charge in [0, 0.05) is 16.7 Å². The van der Waals surface area contributed by atoms with E-state index in [0.29, 0.717) is 23.0 Å². The quantitative estimate of drug-likeness (QED) is 0.727. The van der Waals surface area contributed by atoms with Gasteiger partial charge in [0.2, 0.25) is 12.7 Å². The first kappa shape index (κ1) is 18.8. The first-order chi connectivity index (χ1) is 13.8. The minimum Gasteiger partial charge on any atom is -0.466 e. The van der Waals surface area contributed by atoms with Crippen molar-refractivity contribution in [3.63, 3.8) is 0 Å². The van der Waals surface area contributed by atoms with E-state index in [2.05, 4.69) is 15.4 Å². The van der Waals surface area contributed by atoms with Gasteiger partial charge in [-0.2, -0.15) is 4.98 Å². The van der Waals surface area contributed by atoms with Gasteiger partial charge in [-0.25, -0.2) is 4.68 Å². The highest BCUT2D eigenvalue weighted by molar-refractivity contribution is 5.94. The topological polar surface area (TPSA) is 87.5 Å². The average molecular weight is 394 g/mol. The number of hydrogen-bond donors (Lipinski definition) is 1. The first-order valence-electron chi connectivity index (χ1n) is 9.18. The smallest absolute Gasteiger partial charge is 0.336 e. The number of amides is 1. The third-order valence-electron chi connectivity index (χ3n) is 4.45. The van der Waals surface area contributed by atoms with Crippen molar-refractivity contribution in [2.24, 2.45) is 5.41 Å². The third-order valence-corrected chi connectivity index (χ3v) is 4.45. The molecule has 2 heterocycles. The molecule has 0 saturated heterocycles. The molecule has 0 aliphatic carbocycles. The minimum atomic E-state index is -0.468. The monoisotopic (exact) mass is 394 g/mol. The summed E-state index contributed by atoms with van der Waals surface area (Å²) in [7, 11) is 1.52. The molecule has 3 aromatic rings. The molecule has 1 N–H and O–H groups in total. The Bertz CT molecular complexity index is 1050. The van der Waals surface area contributed by atoms with E-state index in [1.54, 1.807) is 4.68 Å². The molecule has 0 atom stereocenters. The van der Waals surface area contributed by atoms with Gasteiger partial charge in [0.05, 0.1) is 12.8 Å². The Morgan fingerprint density at radius 3 is 2.52 bits per heavy atom. The molecule has 0 bridgehead atoms. The van der Waals surface area contributed by atoms with Crippen LogP contribution in [0.1, 0.15) is 20.8 Å². The van der Waals surface area contributed by atoms with Crippen LogP contribution in [0.3, 0.4) is 0 Å². The maximum atomic E-state index is 12.2. The number of benzene rings is 2. The molecule has 2 aromatic carbocycles. The van der Waals surface area contributed by atoms with Crippen molar-refractivity contribution in [1.82, 2.24) is 14.8 Å². The largest absolute Gasteiger partial charge is 0.466 e. The van der Waals surface area contributed by atoms with Crippen molar-refractivity contribution in [1.29, 1.82) is 0 Å². The Labute approximate surface area is 168 Å². The second-order valence-corrected chi connectivity index (χ2v) is 7.65. The van der Waals surface area contributed by atoms with Crippen molar-refractivity contribution < 1.29 is 19.0 Å². The van der Waals surface area contributed by atoms with Crippen LogP contribution >= 0.6 is 0 Å². The van der Waals surface area contributed by atoms with E-state index in [-0.39, 0.29) is 18.7 Å². The highest BCUT2D eigenvalue weighted by atomic mass is 16.7. The SMILES string of the molecule is COc1nc(-c2ccc3c(c2)OCO3)n(-c2ccc(NC(=O)C(C)(C)C)cc2)n1. The predicted octanol–water partition coefficient (Wildman–Crippen LogP) is 3.66. The van der Waals surface area contributed by atoms with Gasteiger partial charge in [-0.3, -0.25) is 4.79 Å². The fourth-order valence-corrected chi connectivity index (χ4v) is 2.79. The van der Waals surface area contributed by atoms with Crippen LogP contribution in [0.5, 0.6) is 17.5 Å². The van der Waals surface area contributed by atoms with Crippen LogP contribution in [0.15, 0.2) is 42.5 Å². The molecule has 0 spiro atoms. The van der Waals surface area contributed by atoms with Crippen LogP contribution in [-0.2, 0) is 4.79 Å². The van der Waals surface area contributed by atoms with Crippen molar-refractivity contribution in [2.75, 3.05) is 19.2 Å². The van der Waals surface area contributed by atoms with Crippen molar-refractivity contribution in [2.45, 2.75) is 20.8 Å². The number of fused-ring (bicyclic) bond motifs is 1. The lowest BCUT2D eigenvalue weighted by Crippen LogP contribution is -2.27. The lowest BCUT2D eigenvalue weighted by molar-refractivity contribution is -0.123. The van der Waals surface area contributed by atoms with Crippen molar-refractivity contribution in [3.05, 3.63) is 42.5 Å². The summed E-state index contributed by atoms with van der Waals surface area (Å²) in [4.78, 5) is 16.7. The Morgan fingerprint density at radius 2 is 1.83 bits per heavy atom. The molecular weight excluding hydrogens is 372 g/mol. The normalized spacial score (nSPS) is 12.7. The van der Waals surface area contributed by atoms with Gasteiger partial charge in [-0.05, 0) is 42.5 Å². The number of ether oxygens (including phenoxy) is 3. The van der Waals surface area contributed by atoms with E-state index >= 15 is 0 Å². The summed E-state index contributed by atoms with van der Waals surface area (Å²) in [5, 5.41) is 7.33. The van der Waals surface area contributed by atoms with Gasteiger partial charge >= 0.3 is 6.01 Å². The number of methoxy groups -OCH3 is 1. The van der Waals surface area contributed by atoms with E-state index in [1.165, 1.54) is 7.11 Å². The first-order valence-corrected chi connectivity index (χ1v) is 9.18. The summed E-state index contributed by atoms with van der Waals surface area (Å²) in [6.45, 7) is 5.82. The molecule has 1 aliphatic rings. The number of carbonyl (C=O) groups excluding carboxylic acids is 1. The summed E-state index contributed by atoms with van der Waals surface area (Å²) in [6.07, 6.45) is 0. The number of hydrogen-bond acceptors (Lipinski definition) is 6. The molecule has 1 aromatic heterocycles. The Morgan fingerprint density at radius 1 is 1.10 bits per heavy atom. The molecule has 0 unspecified atom stereocenters. The number of nitrogens with one attached hydrogen (secondary N) is 1. The van der Waals surface area contributed by atoms with Gasteiger partial charge in [0.25, 0.3) is 0 Å². The minimum absolute atomic E-state index is 0.0475. The number of nitrogens with zero attached hydrogens (tertiary/aromatic N) is 3. The Kier molecular flexibility index (Phi) is 4.62. The second kappa shape index (κ2) is 7.12. The molecule has 1 aliphatic heterocycles. The zero-order chi connectivity index (χ0) is 20.6. The zero-order valence-electron chi connectivity index (χ0n) is 16.7. The van der Waals surface area contributed by atoms with E-state index in [4.69, 9.17) is 14.2 Å². The fraction of sp³-hybridized carbons (Fsp3) is 0.286. The summed E-state index contributed by atoms with van der Waals surface area (Å²) in [6, 6.07) is 13.2. The Balaban J connectivity index is 1.67. The standard InChI is InChI=1S/C21H22N4O4/c1-21(2,3)19(26)22-14-6-8-15(9-7-14)25-18(23-20(24-25)27-4)13-5-10-16-17(11-13)29-12-28-16/h5-11H,12H2,1-4H3,(H,22,26). The number of anilines is 1. The van der Waals surface area contributed by atoms with Gasteiger partial charge in [-0.1, -0.05) is 20.8 Å². The molecule has 0 saturated carbocycles. The fourth-order valence-electron chi connectivity index (χ4n) is 2.79. The van der Waals surface area contributed by atoms with Crippen molar-refractivity contribution >= 4 is 11.6 Å². The van der Waals surface area contributed by atoms with E-state index in [0.717, 1.165) is 11.3 Å². The van der Waals surface area contributed by atoms with Gasteiger partial charge in [0.15, 0.2) is 17.3 Å². The van der Waals surface area contributed by atoms with Gasteiger partial charge in [-0.15, -0.1) is 5.10 Å². The Hall–Kier alpha value is -3.55. The summed E-state index contributed by atoms with van der Waals surface area (Å²) < 4.78 is 17.8. The van der Waals surface area contributed by atoms with Gasteiger partial charge < -0.3 is 19.5 Å². The maximum absolute atomic E-state index is 12.2. The molecule has 1 amide bonds. The lowest BCUT2D eigenvalue weighted by Gasteiger charge is -2.17.